The molecule has 1 heterocycles. The minimum absolute atomic E-state index is 0.0987. The molecule has 0 fully saturated rings. The first-order valence-corrected chi connectivity index (χ1v) is 8.35. The number of aliphatic hydroxyl groups is 1. The summed E-state index contributed by atoms with van der Waals surface area (Å²) < 4.78 is 41.2. The third-order valence-electron chi connectivity index (χ3n) is 3.53. The minimum Gasteiger partial charge on any atom is -0.406 e. The average Bonchev–Trinajstić information content (AvgIpc) is 2.66. The highest BCUT2D eigenvalue weighted by molar-refractivity contribution is 5.67. The number of ether oxygens (including phenoxy) is 1. The molecule has 1 aromatic heterocycles. The maximum absolute atomic E-state index is 12.4. The summed E-state index contributed by atoms with van der Waals surface area (Å²) in [7, 11) is 0. The van der Waals surface area contributed by atoms with Crippen LogP contribution in [0.2, 0.25) is 0 Å². The number of benzene rings is 2. The Hall–Kier alpha value is -3.33. The van der Waals surface area contributed by atoms with Crippen LogP contribution < -0.4 is 15.4 Å². The van der Waals surface area contributed by atoms with Gasteiger partial charge in [0, 0.05) is 29.9 Å². The fourth-order valence-corrected chi connectivity index (χ4v) is 2.43. The van der Waals surface area contributed by atoms with Gasteiger partial charge in [-0.15, -0.1) is 13.2 Å². The maximum atomic E-state index is 12.4. The van der Waals surface area contributed by atoms with Crippen LogP contribution in [0.1, 0.15) is 0 Å². The molecular weight excluding hydrogens is 373 g/mol. The Morgan fingerprint density at radius 2 is 1.75 bits per heavy atom. The molecule has 0 saturated carbocycles. The number of hydrogen-bond donors (Lipinski definition) is 3. The lowest BCUT2D eigenvalue weighted by Crippen LogP contribution is -2.17. The summed E-state index contributed by atoms with van der Waals surface area (Å²) in [6, 6.07) is 16.5. The predicted octanol–water partition coefficient (Wildman–Crippen LogP) is 4.19. The van der Waals surface area contributed by atoms with Crippen molar-refractivity contribution in [1.82, 2.24) is 9.97 Å². The molecule has 0 bridgehead atoms. The fourth-order valence-electron chi connectivity index (χ4n) is 2.43. The SMILES string of the molecule is OCCNc1nc(Nc2cccc(OC(F)(F)F)c2)cc(-c2ccccc2)n1. The number of nitrogens with one attached hydrogen (secondary N) is 2. The van der Waals surface area contributed by atoms with Crippen molar-refractivity contribution in [3.63, 3.8) is 0 Å². The molecule has 28 heavy (non-hydrogen) atoms. The smallest absolute Gasteiger partial charge is 0.406 e. The van der Waals surface area contributed by atoms with E-state index in [2.05, 4.69) is 25.3 Å². The van der Waals surface area contributed by atoms with Gasteiger partial charge >= 0.3 is 6.36 Å². The van der Waals surface area contributed by atoms with E-state index in [1.807, 2.05) is 30.3 Å². The molecule has 0 amide bonds. The topological polar surface area (TPSA) is 79.3 Å². The van der Waals surface area contributed by atoms with E-state index in [0.29, 0.717) is 17.2 Å². The monoisotopic (exact) mass is 390 g/mol. The summed E-state index contributed by atoms with van der Waals surface area (Å²) in [6.45, 7) is 0.158. The van der Waals surface area contributed by atoms with E-state index < -0.39 is 6.36 Å². The molecule has 0 aliphatic carbocycles. The van der Waals surface area contributed by atoms with Gasteiger partial charge in [0.2, 0.25) is 5.95 Å². The summed E-state index contributed by atoms with van der Waals surface area (Å²) in [5.74, 6) is 0.313. The molecule has 0 radical (unpaired) electrons. The Labute approximate surface area is 159 Å². The van der Waals surface area contributed by atoms with Gasteiger partial charge in [0.15, 0.2) is 0 Å². The highest BCUT2D eigenvalue weighted by Crippen LogP contribution is 2.28. The molecule has 3 N–H and O–H groups in total. The van der Waals surface area contributed by atoms with Gasteiger partial charge in [0.25, 0.3) is 0 Å². The molecule has 0 atom stereocenters. The largest absolute Gasteiger partial charge is 0.573 e. The highest BCUT2D eigenvalue weighted by Gasteiger charge is 2.31. The van der Waals surface area contributed by atoms with Crippen molar-refractivity contribution < 1.29 is 23.0 Å². The van der Waals surface area contributed by atoms with Crippen molar-refractivity contribution in [2.45, 2.75) is 6.36 Å². The Morgan fingerprint density at radius 3 is 2.46 bits per heavy atom. The first-order chi connectivity index (χ1) is 13.4. The number of alkyl halides is 3. The van der Waals surface area contributed by atoms with Gasteiger partial charge in [-0.2, -0.15) is 4.98 Å². The van der Waals surface area contributed by atoms with E-state index in [4.69, 9.17) is 5.11 Å². The molecule has 0 spiro atoms. The minimum atomic E-state index is -4.77. The van der Waals surface area contributed by atoms with Crippen LogP contribution in [0, 0.1) is 0 Å². The van der Waals surface area contributed by atoms with Gasteiger partial charge in [0.1, 0.15) is 11.6 Å². The second-order valence-electron chi connectivity index (χ2n) is 5.68. The van der Waals surface area contributed by atoms with Crippen LogP contribution in [-0.2, 0) is 0 Å². The summed E-state index contributed by atoms with van der Waals surface area (Å²) in [5.41, 5.74) is 1.82. The maximum Gasteiger partial charge on any atom is 0.573 e. The summed E-state index contributed by atoms with van der Waals surface area (Å²) >= 11 is 0. The second-order valence-corrected chi connectivity index (χ2v) is 5.68. The van der Waals surface area contributed by atoms with E-state index in [-0.39, 0.29) is 24.8 Å². The lowest BCUT2D eigenvalue weighted by atomic mass is 10.1. The second kappa shape index (κ2) is 8.57. The van der Waals surface area contributed by atoms with E-state index in [0.717, 1.165) is 5.56 Å². The molecule has 0 saturated heterocycles. The number of hydrogen-bond acceptors (Lipinski definition) is 6. The van der Waals surface area contributed by atoms with Crippen molar-refractivity contribution in [2.24, 2.45) is 0 Å². The van der Waals surface area contributed by atoms with Crippen LogP contribution in [0.5, 0.6) is 5.75 Å². The number of nitrogens with zero attached hydrogens (tertiary/aromatic N) is 2. The molecular formula is C19H17F3N4O2. The zero-order chi connectivity index (χ0) is 20.0. The van der Waals surface area contributed by atoms with Gasteiger partial charge in [-0.25, -0.2) is 4.98 Å². The van der Waals surface area contributed by atoms with Crippen LogP contribution >= 0.6 is 0 Å². The van der Waals surface area contributed by atoms with E-state index in [1.54, 1.807) is 12.1 Å². The van der Waals surface area contributed by atoms with Crippen LogP contribution in [0.4, 0.5) is 30.6 Å². The molecule has 0 aliphatic heterocycles. The van der Waals surface area contributed by atoms with Crippen LogP contribution in [0.15, 0.2) is 60.7 Å². The average molecular weight is 390 g/mol. The van der Waals surface area contributed by atoms with E-state index in [9.17, 15) is 13.2 Å². The van der Waals surface area contributed by atoms with Crippen molar-refractivity contribution in [2.75, 3.05) is 23.8 Å². The highest BCUT2D eigenvalue weighted by atomic mass is 19.4. The summed E-state index contributed by atoms with van der Waals surface area (Å²) in [5, 5.41) is 14.8. The molecule has 6 nitrogen and oxygen atoms in total. The molecule has 146 valence electrons. The van der Waals surface area contributed by atoms with E-state index in [1.165, 1.54) is 18.2 Å². The van der Waals surface area contributed by atoms with Crippen molar-refractivity contribution >= 4 is 17.5 Å². The van der Waals surface area contributed by atoms with Gasteiger partial charge in [-0.05, 0) is 12.1 Å². The zero-order valence-corrected chi connectivity index (χ0v) is 14.6. The van der Waals surface area contributed by atoms with Crippen LogP contribution in [0.25, 0.3) is 11.3 Å². The number of aromatic nitrogens is 2. The van der Waals surface area contributed by atoms with Crippen molar-refractivity contribution in [1.29, 1.82) is 0 Å². The quantitative estimate of drug-likeness (QED) is 0.561. The third kappa shape index (κ3) is 5.58. The molecule has 3 rings (SSSR count). The number of aliphatic hydroxyl groups excluding tert-OH is 1. The molecule has 2 aromatic carbocycles. The molecule has 0 aliphatic rings. The van der Waals surface area contributed by atoms with Crippen molar-refractivity contribution in [3.8, 4) is 17.0 Å². The first-order valence-electron chi connectivity index (χ1n) is 8.35. The van der Waals surface area contributed by atoms with Crippen LogP contribution in [0.3, 0.4) is 0 Å². The van der Waals surface area contributed by atoms with Crippen molar-refractivity contribution in [3.05, 3.63) is 60.7 Å². The summed E-state index contributed by atoms with van der Waals surface area (Å²) in [6.07, 6.45) is -4.77. The zero-order valence-electron chi connectivity index (χ0n) is 14.6. The lowest BCUT2D eigenvalue weighted by Gasteiger charge is -2.13. The number of anilines is 3. The number of halogens is 3. The predicted molar refractivity (Wildman–Crippen MR) is 99.5 cm³/mol. The Kier molecular flexibility index (Phi) is 5.95. The Bertz CT molecular complexity index is 921. The number of rotatable bonds is 7. The van der Waals surface area contributed by atoms with E-state index >= 15 is 0 Å². The Morgan fingerprint density at radius 1 is 0.964 bits per heavy atom. The van der Waals surface area contributed by atoms with Gasteiger partial charge in [-0.1, -0.05) is 36.4 Å². The standard InChI is InChI=1S/C19H17F3N4O2/c20-19(21,22)28-15-8-4-7-14(11-15)24-17-12-16(13-5-2-1-3-6-13)25-18(26-17)23-9-10-27/h1-8,11-12,27H,9-10H2,(H2,23,24,25,26). The van der Waals surface area contributed by atoms with Gasteiger partial charge < -0.3 is 20.5 Å². The molecule has 9 heteroatoms. The third-order valence-corrected chi connectivity index (χ3v) is 3.53. The normalized spacial score (nSPS) is 11.1. The van der Waals surface area contributed by atoms with Crippen LogP contribution in [-0.4, -0.2) is 34.6 Å². The van der Waals surface area contributed by atoms with Gasteiger partial charge in [0.05, 0.1) is 12.3 Å². The van der Waals surface area contributed by atoms with Gasteiger partial charge in [-0.3, -0.25) is 0 Å². The molecule has 0 unspecified atom stereocenters. The first kappa shape index (κ1) is 19.4. The lowest BCUT2D eigenvalue weighted by molar-refractivity contribution is -0.274. The fraction of sp³-hybridized carbons (Fsp3) is 0.158. The summed E-state index contributed by atoms with van der Waals surface area (Å²) in [4.78, 5) is 8.69. The molecule has 3 aromatic rings. The Balaban J connectivity index is 1.89.